The number of fused-ring (bicyclic) bond motifs is 1. The molecule has 1 saturated heterocycles. The van der Waals surface area contributed by atoms with E-state index >= 15 is 0 Å². The van der Waals surface area contributed by atoms with Crippen LogP contribution in [0.3, 0.4) is 0 Å². The third-order valence-electron chi connectivity index (χ3n) is 5.80. The summed E-state index contributed by atoms with van der Waals surface area (Å²) in [4.78, 5) is 18.5. The summed E-state index contributed by atoms with van der Waals surface area (Å²) in [5, 5.41) is 12.9. The number of amidine groups is 1. The average Bonchev–Trinajstić information content (AvgIpc) is 3.12. The molecule has 0 aromatic heterocycles. The highest BCUT2D eigenvalue weighted by Gasteiger charge is 2.47. The number of aliphatic hydroxyl groups is 1. The van der Waals surface area contributed by atoms with Crippen LogP contribution in [0.15, 0.2) is 47.0 Å². The van der Waals surface area contributed by atoms with Crippen LogP contribution in [-0.4, -0.2) is 50.8 Å². The van der Waals surface area contributed by atoms with E-state index in [-0.39, 0.29) is 17.1 Å². The van der Waals surface area contributed by atoms with Crippen molar-refractivity contribution in [3.63, 3.8) is 0 Å². The zero-order chi connectivity index (χ0) is 22.6. The molecule has 0 bridgehead atoms. The molecule has 1 aromatic carbocycles. The van der Waals surface area contributed by atoms with Crippen molar-refractivity contribution in [1.29, 1.82) is 0 Å². The normalized spacial score (nSPS) is 31.0. The van der Waals surface area contributed by atoms with Crippen LogP contribution in [0.5, 0.6) is 0 Å². The van der Waals surface area contributed by atoms with Gasteiger partial charge < -0.3 is 20.6 Å². The Morgan fingerprint density at radius 3 is 2.91 bits per heavy atom. The molecule has 2 fully saturated rings. The predicted octanol–water partition coefficient (Wildman–Crippen LogP) is 2.31. The van der Waals surface area contributed by atoms with Crippen molar-refractivity contribution < 1.29 is 23.1 Å². The minimum Gasteiger partial charge on any atom is -0.391 e. The second kappa shape index (κ2) is 7.68. The molecule has 32 heavy (non-hydrogen) atoms. The summed E-state index contributed by atoms with van der Waals surface area (Å²) in [7, 11) is 0. The number of nitrogens with one attached hydrogen (secondary N) is 3. The lowest BCUT2D eigenvalue weighted by Gasteiger charge is -2.30. The van der Waals surface area contributed by atoms with E-state index in [1.807, 2.05) is 4.90 Å². The van der Waals surface area contributed by atoms with Crippen molar-refractivity contribution in [2.75, 3.05) is 6.54 Å². The first kappa shape index (κ1) is 21.1. The van der Waals surface area contributed by atoms with Gasteiger partial charge in [-0.15, -0.1) is 0 Å². The maximum absolute atomic E-state index is 15.0. The molecule has 3 heterocycles. The third kappa shape index (κ3) is 3.80. The van der Waals surface area contributed by atoms with Crippen LogP contribution in [-0.2, 0) is 0 Å². The lowest BCUT2D eigenvalue weighted by molar-refractivity contribution is 0.189. The Hall–Kier alpha value is -2.76. The second-order valence-electron chi connectivity index (χ2n) is 8.07. The lowest BCUT2D eigenvalue weighted by atomic mass is 10.0. The van der Waals surface area contributed by atoms with Gasteiger partial charge in [-0.2, -0.15) is 9.82 Å². The molecule has 4 aliphatic rings. The number of hydrogen-bond donors (Lipinski definition) is 4. The summed E-state index contributed by atoms with van der Waals surface area (Å²) in [6.45, 7) is 0.537. The Morgan fingerprint density at radius 1 is 1.38 bits per heavy atom. The van der Waals surface area contributed by atoms with E-state index < -0.39 is 41.1 Å². The van der Waals surface area contributed by atoms with Gasteiger partial charge in [-0.25, -0.2) is 18.6 Å². The second-order valence-corrected chi connectivity index (χ2v) is 8.59. The number of amides is 2. The third-order valence-corrected chi connectivity index (χ3v) is 6.07. The van der Waals surface area contributed by atoms with Crippen molar-refractivity contribution in [2.45, 2.75) is 42.7 Å². The largest absolute Gasteiger partial charge is 0.391 e. The van der Waals surface area contributed by atoms with E-state index in [9.17, 15) is 23.1 Å². The van der Waals surface area contributed by atoms with Gasteiger partial charge in [-0.3, -0.25) is 5.01 Å². The van der Waals surface area contributed by atoms with Crippen LogP contribution in [0, 0.1) is 11.6 Å². The number of benzene rings is 1. The number of urea groups is 1. The van der Waals surface area contributed by atoms with E-state index in [0.29, 0.717) is 25.2 Å². The summed E-state index contributed by atoms with van der Waals surface area (Å²) >= 11 is 5.93. The monoisotopic (exact) mass is 468 g/mol. The molecule has 0 radical (unpaired) electrons. The van der Waals surface area contributed by atoms with Gasteiger partial charge in [0.1, 0.15) is 23.2 Å². The van der Waals surface area contributed by atoms with Crippen LogP contribution >= 0.6 is 11.6 Å². The van der Waals surface area contributed by atoms with E-state index in [2.05, 4.69) is 21.1 Å². The highest BCUT2D eigenvalue weighted by Crippen LogP contribution is 2.38. The van der Waals surface area contributed by atoms with Crippen LogP contribution in [0.1, 0.15) is 30.9 Å². The Labute approximate surface area is 186 Å². The summed E-state index contributed by atoms with van der Waals surface area (Å²) in [5.74, 6) is -0.629. The summed E-state index contributed by atoms with van der Waals surface area (Å²) in [6.07, 6.45) is 4.21. The molecule has 3 aliphatic heterocycles. The number of rotatable bonds is 3. The molecule has 2 amide bonds. The fourth-order valence-corrected chi connectivity index (χ4v) is 4.33. The molecule has 1 unspecified atom stereocenters. The number of hydrogen-bond acceptors (Lipinski definition) is 6. The number of aliphatic imine (C=N–C) groups is 1. The molecule has 1 saturated carbocycles. The zero-order valence-electron chi connectivity index (χ0n) is 16.7. The first-order valence-corrected chi connectivity index (χ1v) is 10.5. The van der Waals surface area contributed by atoms with Gasteiger partial charge in [0.15, 0.2) is 5.82 Å². The van der Waals surface area contributed by atoms with E-state index in [4.69, 9.17) is 11.6 Å². The van der Waals surface area contributed by atoms with Crippen molar-refractivity contribution in [1.82, 2.24) is 26.0 Å². The molecule has 8 nitrogen and oxygen atoms in total. The minimum atomic E-state index is -2.63. The number of nitrogens with zero attached hydrogens (tertiary/aromatic N) is 3. The number of aliphatic hydroxyl groups excluding tert-OH is 1. The molecule has 12 heteroatoms. The smallest absolute Gasteiger partial charge is 0.319 e. The molecule has 0 spiro atoms. The molecule has 5 rings (SSSR count). The highest BCUT2D eigenvalue weighted by atomic mass is 35.5. The number of carbonyl (C=O) groups is 1. The van der Waals surface area contributed by atoms with Crippen LogP contribution in [0.25, 0.3) is 0 Å². The highest BCUT2D eigenvalue weighted by molar-refractivity contribution is 6.24. The quantitative estimate of drug-likeness (QED) is 0.404. The maximum atomic E-state index is 15.0. The Bertz CT molecular complexity index is 1060. The van der Waals surface area contributed by atoms with E-state index in [0.717, 1.165) is 18.6 Å². The number of halogens is 4. The van der Waals surface area contributed by atoms with E-state index in [1.165, 1.54) is 17.3 Å². The Kier molecular flexibility index (Phi) is 5.06. The molecule has 1 aromatic rings. The summed E-state index contributed by atoms with van der Waals surface area (Å²) in [6, 6.07) is 1.75. The van der Waals surface area contributed by atoms with Gasteiger partial charge in [-0.05, 0) is 43.5 Å². The van der Waals surface area contributed by atoms with Crippen LogP contribution in [0.2, 0.25) is 0 Å². The molecular formula is C20H20ClF3N6O2. The average molecular weight is 469 g/mol. The number of alkyl halides is 2. The molecule has 170 valence electrons. The van der Waals surface area contributed by atoms with Gasteiger partial charge in [0.05, 0.1) is 18.2 Å². The van der Waals surface area contributed by atoms with Crippen molar-refractivity contribution in [2.24, 2.45) is 4.99 Å². The van der Waals surface area contributed by atoms with Crippen molar-refractivity contribution >= 4 is 23.5 Å². The standard InChI is InChI=1S/C20H20ClF3N6O2/c21-20(24)17(27-19(32)25-13-9-15(13)31)18-26-16(5-7-30(18)28-20)29-6-1-2-14(29)11-8-10(22)3-4-12(11)23/h3-5,7-8,13-15,28,31H,1-2,6,9H2,(H2,25,27,32)/t13-,14-,15-,20?/m1/s1. The minimum absolute atomic E-state index is 0.0249. The number of likely N-dealkylation sites (tertiary alicyclic amines) is 1. The Morgan fingerprint density at radius 2 is 2.16 bits per heavy atom. The predicted molar refractivity (Wildman–Crippen MR) is 109 cm³/mol. The number of hydrazine groups is 1. The van der Waals surface area contributed by atoms with Gasteiger partial charge in [0, 0.05) is 18.3 Å². The van der Waals surface area contributed by atoms with E-state index in [1.54, 1.807) is 6.08 Å². The fraction of sp³-hybridized carbons (Fsp3) is 0.400. The topological polar surface area (TPSA) is 92.2 Å². The lowest BCUT2D eigenvalue weighted by Crippen LogP contribution is -2.45. The van der Waals surface area contributed by atoms with Crippen molar-refractivity contribution in [3.8, 4) is 0 Å². The van der Waals surface area contributed by atoms with Gasteiger partial charge in [0.2, 0.25) is 0 Å². The summed E-state index contributed by atoms with van der Waals surface area (Å²) in [5.41, 5.74) is 2.28. The SMILES string of the molecule is O=C(NC1=C2N=C(N3CCC[C@@H]3c3cc(F)ccc3F)C=CN2NC1(F)Cl)N[C@@H]1C[C@H]1O. The maximum Gasteiger partial charge on any atom is 0.319 e. The van der Waals surface area contributed by atoms with Crippen LogP contribution < -0.4 is 16.1 Å². The first-order valence-electron chi connectivity index (χ1n) is 10.2. The first-order chi connectivity index (χ1) is 15.2. The van der Waals surface area contributed by atoms with Gasteiger partial charge in [-0.1, -0.05) is 11.6 Å². The zero-order valence-corrected chi connectivity index (χ0v) is 17.4. The van der Waals surface area contributed by atoms with Crippen molar-refractivity contribution in [3.05, 3.63) is 59.2 Å². The fourth-order valence-electron chi connectivity index (χ4n) is 4.11. The molecule has 1 aliphatic carbocycles. The molecule has 4 N–H and O–H groups in total. The Balaban J connectivity index is 1.44. The van der Waals surface area contributed by atoms with Gasteiger partial charge >= 0.3 is 6.03 Å². The molecular weight excluding hydrogens is 449 g/mol. The molecule has 4 atom stereocenters. The number of carbonyl (C=O) groups excluding carboxylic acids is 1. The van der Waals surface area contributed by atoms with Gasteiger partial charge in [0.25, 0.3) is 5.25 Å². The summed E-state index contributed by atoms with van der Waals surface area (Å²) < 4.78 is 43.1. The van der Waals surface area contributed by atoms with Crippen LogP contribution in [0.4, 0.5) is 18.0 Å².